The third-order valence-electron chi connectivity index (χ3n) is 2.29. The number of alkyl halides is 1. The first kappa shape index (κ1) is 13.3. The van der Waals surface area contributed by atoms with Gasteiger partial charge in [0.2, 0.25) is 0 Å². The van der Waals surface area contributed by atoms with E-state index < -0.39 is 0 Å². The average Bonchev–Trinajstić information content (AvgIpc) is 2.21. The van der Waals surface area contributed by atoms with Crippen LogP contribution in [0.4, 0.5) is 0 Å². The monoisotopic (exact) mass is 382 g/mol. The first-order chi connectivity index (χ1) is 7.22. The second-order valence-electron chi connectivity index (χ2n) is 3.67. The molecule has 0 N–H and O–H groups in total. The number of hydrogen-bond acceptors (Lipinski definition) is 1. The van der Waals surface area contributed by atoms with Gasteiger partial charge in [0.25, 0.3) is 0 Å². The van der Waals surface area contributed by atoms with Gasteiger partial charge in [-0.3, -0.25) is 0 Å². The Kier molecular flexibility index (Phi) is 6.64. The van der Waals surface area contributed by atoms with Gasteiger partial charge in [0, 0.05) is 8.90 Å². The SMILES string of the molecule is CC(CCBr)CCOc1ccc(I)cc1. The standard InChI is InChI=1S/C12H16BrIO/c1-10(6-8-13)7-9-15-12-4-2-11(14)3-5-12/h2-5,10H,6-9H2,1H3. The molecule has 15 heavy (non-hydrogen) atoms. The van der Waals surface area contributed by atoms with Crippen LogP contribution in [0.25, 0.3) is 0 Å². The highest BCUT2D eigenvalue weighted by molar-refractivity contribution is 14.1. The molecule has 1 aromatic rings. The zero-order valence-corrected chi connectivity index (χ0v) is 12.6. The molecule has 0 aliphatic carbocycles. The van der Waals surface area contributed by atoms with Gasteiger partial charge in [-0.1, -0.05) is 22.9 Å². The van der Waals surface area contributed by atoms with Crippen molar-refractivity contribution in [2.45, 2.75) is 19.8 Å². The lowest BCUT2D eigenvalue weighted by Gasteiger charge is -2.10. The van der Waals surface area contributed by atoms with Crippen LogP contribution in [-0.4, -0.2) is 11.9 Å². The highest BCUT2D eigenvalue weighted by atomic mass is 127. The molecule has 0 aliphatic rings. The average molecular weight is 383 g/mol. The van der Waals surface area contributed by atoms with Gasteiger partial charge in [-0.15, -0.1) is 0 Å². The molecule has 0 spiro atoms. The molecule has 0 aromatic heterocycles. The Morgan fingerprint density at radius 2 is 1.93 bits per heavy atom. The molecule has 0 aliphatic heterocycles. The number of ether oxygens (including phenoxy) is 1. The lowest BCUT2D eigenvalue weighted by atomic mass is 10.1. The Morgan fingerprint density at radius 1 is 1.27 bits per heavy atom. The molecular formula is C12H16BrIO. The van der Waals surface area contributed by atoms with E-state index in [1.807, 2.05) is 12.1 Å². The van der Waals surface area contributed by atoms with Crippen LogP contribution in [0, 0.1) is 9.49 Å². The fourth-order valence-corrected chi connectivity index (χ4v) is 2.38. The van der Waals surface area contributed by atoms with E-state index in [-0.39, 0.29) is 0 Å². The van der Waals surface area contributed by atoms with Crippen molar-refractivity contribution in [3.63, 3.8) is 0 Å². The molecule has 0 fully saturated rings. The Bertz CT molecular complexity index is 273. The molecule has 0 amide bonds. The Morgan fingerprint density at radius 3 is 2.53 bits per heavy atom. The van der Waals surface area contributed by atoms with E-state index in [4.69, 9.17) is 4.74 Å². The molecule has 1 nitrogen and oxygen atoms in total. The summed E-state index contributed by atoms with van der Waals surface area (Å²) in [7, 11) is 0. The van der Waals surface area contributed by atoms with Gasteiger partial charge in [0.15, 0.2) is 0 Å². The molecule has 1 aromatic carbocycles. The second-order valence-corrected chi connectivity index (χ2v) is 5.71. The minimum absolute atomic E-state index is 0.730. The molecule has 3 heteroatoms. The maximum atomic E-state index is 5.66. The van der Waals surface area contributed by atoms with Crippen LogP contribution in [0.2, 0.25) is 0 Å². The van der Waals surface area contributed by atoms with Crippen LogP contribution in [0.1, 0.15) is 19.8 Å². The van der Waals surface area contributed by atoms with E-state index in [0.717, 1.165) is 30.0 Å². The summed E-state index contributed by atoms with van der Waals surface area (Å²) in [5.41, 5.74) is 0. The number of hydrogen-bond donors (Lipinski definition) is 0. The quantitative estimate of drug-likeness (QED) is 0.520. The van der Waals surface area contributed by atoms with E-state index >= 15 is 0 Å². The van der Waals surface area contributed by atoms with Crippen LogP contribution in [0.15, 0.2) is 24.3 Å². The summed E-state index contributed by atoms with van der Waals surface area (Å²) >= 11 is 5.75. The molecule has 0 bridgehead atoms. The van der Waals surface area contributed by atoms with Gasteiger partial charge in [0.05, 0.1) is 6.61 Å². The summed E-state index contributed by atoms with van der Waals surface area (Å²) in [4.78, 5) is 0. The predicted octanol–water partition coefficient (Wildman–Crippen LogP) is 4.48. The van der Waals surface area contributed by atoms with Crippen molar-refractivity contribution < 1.29 is 4.74 Å². The molecule has 0 saturated carbocycles. The smallest absolute Gasteiger partial charge is 0.119 e. The van der Waals surface area contributed by atoms with E-state index in [0.29, 0.717) is 0 Å². The molecule has 0 radical (unpaired) electrons. The van der Waals surface area contributed by atoms with Gasteiger partial charge >= 0.3 is 0 Å². The molecule has 84 valence electrons. The second kappa shape index (κ2) is 7.49. The fraction of sp³-hybridized carbons (Fsp3) is 0.500. The van der Waals surface area contributed by atoms with Gasteiger partial charge < -0.3 is 4.74 Å². The van der Waals surface area contributed by atoms with Crippen LogP contribution >= 0.6 is 38.5 Å². The molecule has 0 heterocycles. The van der Waals surface area contributed by atoms with Gasteiger partial charge in [-0.2, -0.15) is 0 Å². The maximum absolute atomic E-state index is 5.66. The van der Waals surface area contributed by atoms with Crippen molar-refractivity contribution in [3.8, 4) is 5.75 Å². The predicted molar refractivity (Wildman–Crippen MR) is 76.8 cm³/mol. The van der Waals surface area contributed by atoms with Gasteiger partial charge in [-0.05, 0) is 65.6 Å². The van der Waals surface area contributed by atoms with Crippen LogP contribution in [0.5, 0.6) is 5.75 Å². The molecular weight excluding hydrogens is 367 g/mol. The van der Waals surface area contributed by atoms with Crippen molar-refractivity contribution >= 4 is 38.5 Å². The topological polar surface area (TPSA) is 9.23 Å². The summed E-state index contributed by atoms with van der Waals surface area (Å²) < 4.78 is 6.90. The number of halogens is 2. The van der Waals surface area contributed by atoms with Crippen molar-refractivity contribution in [3.05, 3.63) is 27.8 Å². The van der Waals surface area contributed by atoms with E-state index in [1.54, 1.807) is 0 Å². The molecule has 1 unspecified atom stereocenters. The summed E-state index contributed by atoms with van der Waals surface area (Å²) in [6.45, 7) is 3.08. The first-order valence-corrected chi connectivity index (χ1v) is 7.36. The van der Waals surface area contributed by atoms with Crippen LogP contribution in [-0.2, 0) is 0 Å². The Labute approximate surface area is 114 Å². The first-order valence-electron chi connectivity index (χ1n) is 5.16. The summed E-state index contributed by atoms with van der Waals surface area (Å²) in [5, 5.41) is 1.08. The Balaban J connectivity index is 2.22. The third kappa shape index (κ3) is 5.76. The largest absolute Gasteiger partial charge is 0.494 e. The van der Waals surface area contributed by atoms with Crippen LogP contribution < -0.4 is 4.74 Å². The van der Waals surface area contributed by atoms with Gasteiger partial charge in [-0.25, -0.2) is 0 Å². The van der Waals surface area contributed by atoms with Crippen molar-refractivity contribution in [2.75, 3.05) is 11.9 Å². The van der Waals surface area contributed by atoms with Crippen molar-refractivity contribution in [2.24, 2.45) is 5.92 Å². The molecule has 1 atom stereocenters. The minimum atomic E-state index is 0.730. The number of rotatable bonds is 6. The van der Waals surface area contributed by atoms with Crippen LogP contribution in [0.3, 0.4) is 0 Å². The van der Waals surface area contributed by atoms with E-state index in [1.165, 1.54) is 9.99 Å². The summed E-state index contributed by atoms with van der Waals surface area (Å²) in [6, 6.07) is 8.18. The number of benzene rings is 1. The lowest BCUT2D eigenvalue weighted by molar-refractivity contribution is 0.282. The lowest BCUT2D eigenvalue weighted by Crippen LogP contribution is -2.04. The summed E-state index contributed by atoms with van der Waals surface area (Å²) in [6.07, 6.45) is 2.34. The van der Waals surface area contributed by atoms with E-state index in [2.05, 4.69) is 57.6 Å². The molecule has 0 saturated heterocycles. The highest BCUT2D eigenvalue weighted by Crippen LogP contribution is 2.15. The van der Waals surface area contributed by atoms with Crippen molar-refractivity contribution in [1.82, 2.24) is 0 Å². The van der Waals surface area contributed by atoms with Gasteiger partial charge in [0.1, 0.15) is 5.75 Å². The highest BCUT2D eigenvalue weighted by Gasteiger charge is 2.01. The van der Waals surface area contributed by atoms with E-state index in [9.17, 15) is 0 Å². The fourth-order valence-electron chi connectivity index (χ4n) is 1.24. The maximum Gasteiger partial charge on any atom is 0.119 e. The minimum Gasteiger partial charge on any atom is -0.494 e. The third-order valence-corrected chi connectivity index (χ3v) is 3.47. The zero-order valence-electron chi connectivity index (χ0n) is 8.88. The molecule has 1 rings (SSSR count). The Hall–Kier alpha value is 0.230. The zero-order chi connectivity index (χ0) is 11.1. The van der Waals surface area contributed by atoms with Crippen molar-refractivity contribution in [1.29, 1.82) is 0 Å². The normalized spacial score (nSPS) is 12.5. The summed E-state index contributed by atoms with van der Waals surface area (Å²) in [5.74, 6) is 1.70.